The van der Waals surface area contributed by atoms with Gasteiger partial charge in [0.1, 0.15) is 0 Å². The largest absolute Gasteiger partial charge is 0.471 e. The molecule has 0 bridgehead atoms. The quantitative estimate of drug-likeness (QED) is 0.852. The van der Waals surface area contributed by atoms with E-state index >= 15 is 0 Å². The van der Waals surface area contributed by atoms with E-state index in [-0.39, 0.29) is 0 Å². The number of hydrogen-bond donors (Lipinski definition) is 1. The molecule has 0 fully saturated rings. The van der Waals surface area contributed by atoms with Crippen molar-refractivity contribution in [2.75, 3.05) is 5.88 Å². The smallest absolute Gasteiger partial charge is 0.341 e. The molecule has 1 aromatic carbocycles. The fraction of sp³-hybridized carbons (Fsp3) is 0.462. The molecule has 0 aromatic heterocycles. The highest BCUT2D eigenvalue weighted by Crippen LogP contribution is 2.32. The van der Waals surface area contributed by atoms with Crippen LogP contribution in [0.25, 0.3) is 0 Å². The zero-order valence-corrected chi connectivity index (χ0v) is 10.8. The molecule has 2 nitrogen and oxygen atoms in total. The Kier molecular flexibility index (Phi) is 4.04. The molecule has 0 spiro atoms. The summed E-state index contributed by atoms with van der Waals surface area (Å²) in [5, 5.41) is 2.05. The Morgan fingerprint density at radius 2 is 2.16 bits per heavy atom. The fourth-order valence-corrected chi connectivity index (χ4v) is 2.52. The zero-order chi connectivity index (χ0) is 14.0. The molecule has 104 valence electrons. The number of amides is 1. The minimum absolute atomic E-state index is 0.457. The van der Waals surface area contributed by atoms with Crippen LogP contribution in [0.15, 0.2) is 18.2 Å². The molecule has 19 heavy (non-hydrogen) atoms. The van der Waals surface area contributed by atoms with Gasteiger partial charge in [-0.2, -0.15) is 13.2 Å². The maximum atomic E-state index is 12.2. The topological polar surface area (TPSA) is 29.1 Å². The summed E-state index contributed by atoms with van der Waals surface area (Å²) in [6, 6.07) is 5.11. The predicted molar refractivity (Wildman–Crippen MR) is 66.1 cm³/mol. The van der Waals surface area contributed by atoms with Crippen LogP contribution in [-0.2, 0) is 17.6 Å². The number of aryl methyl sites for hydroxylation is 2. The number of alkyl halides is 4. The molecule has 6 heteroatoms. The van der Waals surface area contributed by atoms with Crippen LogP contribution < -0.4 is 5.32 Å². The highest BCUT2D eigenvalue weighted by atomic mass is 35.5. The van der Waals surface area contributed by atoms with Crippen molar-refractivity contribution in [3.8, 4) is 0 Å². The lowest BCUT2D eigenvalue weighted by Gasteiger charge is -2.16. The van der Waals surface area contributed by atoms with Crippen LogP contribution in [0.1, 0.15) is 29.2 Å². The number of halogens is 4. The van der Waals surface area contributed by atoms with Gasteiger partial charge in [-0.05, 0) is 36.0 Å². The van der Waals surface area contributed by atoms with E-state index in [1.807, 2.05) is 23.5 Å². The van der Waals surface area contributed by atoms with E-state index in [0.717, 1.165) is 16.7 Å². The molecule has 1 N–H and O–H groups in total. The van der Waals surface area contributed by atoms with Crippen LogP contribution in [0, 0.1) is 0 Å². The first-order valence-electron chi connectivity index (χ1n) is 5.97. The Balaban J connectivity index is 2.16. The van der Waals surface area contributed by atoms with E-state index in [1.165, 1.54) is 0 Å². The first kappa shape index (κ1) is 14.2. The summed E-state index contributed by atoms with van der Waals surface area (Å²) >= 11 is 5.65. The van der Waals surface area contributed by atoms with Crippen LogP contribution in [-0.4, -0.2) is 18.0 Å². The van der Waals surface area contributed by atoms with Crippen molar-refractivity contribution in [3.63, 3.8) is 0 Å². The molecule has 1 aliphatic carbocycles. The summed E-state index contributed by atoms with van der Waals surface area (Å²) in [6.07, 6.45) is -2.99. The fourth-order valence-electron chi connectivity index (χ4n) is 2.31. The normalized spacial score (nSPS) is 18.2. The highest BCUT2D eigenvalue weighted by molar-refractivity contribution is 6.17. The van der Waals surface area contributed by atoms with Crippen molar-refractivity contribution in [1.29, 1.82) is 0 Å². The summed E-state index contributed by atoms with van der Waals surface area (Å²) in [4.78, 5) is 11.0. The SMILES string of the molecule is O=C(NC1CCc2ccc(CCCl)cc21)C(F)(F)F. The lowest BCUT2D eigenvalue weighted by atomic mass is 10.0. The number of fused-ring (bicyclic) bond motifs is 1. The number of rotatable bonds is 3. The third-order valence-electron chi connectivity index (χ3n) is 3.23. The molecular weight excluding hydrogens is 279 g/mol. The first-order chi connectivity index (χ1) is 8.91. The van der Waals surface area contributed by atoms with Crippen LogP contribution in [0.2, 0.25) is 0 Å². The Morgan fingerprint density at radius 1 is 1.42 bits per heavy atom. The second-order valence-electron chi connectivity index (χ2n) is 4.53. The molecule has 1 atom stereocenters. The van der Waals surface area contributed by atoms with Crippen LogP contribution in [0.5, 0.6) is 0 Å². The lowest BCUT2D eigenvalue weighted by Crippen LogP contribution is -2.38. The molecule has 1 amide bonds. The summed E-state index contributed by atoms with van der Waals surface area (Å²) in [7, 11) is 0. The van der Waals surface area contributed by atoms with Crippen LogP contribution >= 0.6 is 11.6 Å². The van der Waals surface area contributed by atoms with E-state index in [9.17, 15) is 18.0 Å². The maximum absolute atomic E-state index is 12.2. The number of nitrogens with one attached hydrogen (secondary N) is 1. The van der Waals surface area contributed by atoms with Crippen LogP contribution in [0.4, 0.5) is 13.2 Å². The molecule has 0 aliphatic heterocycles. The van der Waals surface area contributed by atoms with Gasteiger partial charge in [0.05, 0.1) is 6.04 Å². The maximum Gasteiger partial charge on any atom is 0.471 e. The number of hydrogen-bond acceptors (Lipinski definition) is 1. The van der Waals surface area contributed by atoms with Crippen molar-refractivity contribution in [2.24, 2.45) is 0 Å². The second-order valence-corrected chi connectivity index (χ2v) is 4.91. The second kappa shape index (κ2) is 5.41. The van der Waals surface area contributed by atoms with Gasteiger partial charge in [-0.3, -0.25) is 4.79 Å². The Hall–Kier alpha value is -1.23. The average Bonchev–Trinajstić information content (AvgIpc) is 2.71. The van der Waals surface area contributed by atoms with Gasteiger partial charge in [-0.25, -0.2) is 0 Å². The van der Waals surface area contributed by atoms with E-state index < -0.39 is 18.1 Å². The van der Waals surface area contributed by atoms with Gasteiger partial charge >= 0.3 is 12.1 Å². The van der Waals surface area contributed by atoms with Crippen molar-refractivity contribution in [3.05, 3.63) is 34.9 Å². The van der Waals surface area contributed by atoms with Crippen molar-refractivity contribution in [2.45, 2.75) is 31.5 Å². The van der Waals surface area contributed by atoms with E-state index in [4.69, 9.17) is 11.6 Å². The molecule has 0 saturated carbocycles. The zero-order valence-electron chi connectivity index (χ0n) is 10.1. The Morgan fingerprint density at radius 3 is 2.79 bits per heavy atom. The van der Waals surface area contributed by atoms with Crippen LogP contribution in [0.3, 0.4) is 0 Å². The highest BCUT2D eigenvalue weighted by Gasteiger charge is 2.40. The molecular formula is C13H13ClF3NO. The summed E-state index contributed by atoms with van der Waals surface area (Å²) in [5.74, 6) is -1.42. The average molecular weight is 292 g/mol. The van der Waals surface area contributed by atoms with Crippen molar-refractivity contribution in [1.82, 2.24) is 5.32 Å². The van der Waals surface area contributed by atoms with Gasteiger partial charge in [0.15, 0.2) is 0 Å². The van der Waals surface area contributed by atoms with Gasteiger partial charge in [0.2, 0.25) is 0 Å². The molecule has 0 saturated heterocycles. The van der Waals surface area contributed by atoms with E-state index in [2.05, 4.69) is 0 Å². The number of carbonyl (C=O) groups excluding carboxylic acids is 1. The van der Waals surface area contributed by atoms with Gasteiger partial charge in [0.25, 0.3) is 0 Å². The minimum atomic E-state index is -4.84. The third kappa shape index (κ3) is 3.21. The minimum Gasteiger partial charge on any atom is -0.341 e. The Labute approximate surface area is 113 Å². The molecule has 0 radical (unpaired) electrons. The molecule has 2 rings (SSSR count). The van der Waals surface area contributed by atoms with Gasteiger partial charge < -0.3 is 5.32 Å². The predicted octanol–water partition coefficient (Wildman–Crippen LogP) is 3.13. The molecule has 1 aromatic rings. The summed E-state index contributed by atoms with van der Waals surface area (Å²) < 4.78 is 36.7. The standard InChI is InChI=1S/C13H13ClF3NO/c14-6-5-8-1-2-9-3-4-11(10(9)7-8)18-12(19)13(15,16)17/h1-2,7,11H,3-6H2,(H,18,19). The number of carbonyl (C=O) groups is 1. The monoisotopic (exact) mass is 291 g/mol. The molecule has 0 heterocycles. The van der Waals surface area contributed by atoms with E-state index in [1.54, 1.807) is 0 Å². The Bertz CT molecular complexity index is 487. The first-order valence-corrected chi connectivity index (χ1v) is 6.50. The van der Waals surface area contributed by atoms with Gasteiger partial charge in [-0.15, -0.1) is 11.6 Å². The third-order valence-corrected chi connectivity index (χ3v) is 3.42. The molecule has 1 aliphatic rings. The number of benzene rings is 1. The summed E-state index contributed by atoms with van der Waals surface area (Å²) in [5.41, 5.74) is 2.74. The van der Waals surface area contributed by atoms with Crippen molar-refractivity contribution < 1.29 is 18.0 Å². The van der Waals surface area contributed by atoms with E-state index in [0.29, 0.717) is 25.1 Å². The van der Waals surface area contributed by atoms with Gasteiger partial charge in [0, 0.05) is 5.88 Å². The summed E-state index contributed by atoms with van der Waals surface area (Å²) in [6.45, 7) is 0. The molecule has 1 unspecified atom stereocenters. The van der Waals surface area contributed by atoms with Gasteiger partial charge in [-0.1, -0.05) is 18.2 Å². The van der Waals surface area contributed by atoms with Crippen molar-refractivity contribution >= 4 is 17.5 Å². The lowest BCUT2D eigenvalue weighted by molar-refractivity contribution is -0.174.